The molecule has 2 saturated carbocycles. The predicted octanol–water partition coefficient (Wildman–Crippen LogP) is 6.92. The third kappa shape index (κ3) is 3.97. The number of carbonyl (C=O) groups is 2. The lowest BCUT2D eigenvalue weighted by Crippen LogP contribution is -2.43. The van der Waals surface area contributed by atoms with Gasteiger partial charge in [-0.15, -0.1) is 0 Å². The van der Waals surface area contributed by atoms with Gasteiger partial charge in [-0.05, 0) is 48.6 Å². The Labute approximate surface area is 216 Å². The Morgan fingerprint density at radius 2 is 1.74 bits per heavy atom. The number of hydrogen-bond acceptors (Lipinski definition) is 6. The van der Waals surface area contributed by atoms with Crippen LogP contribution in [-0.2, 0) is 9.63 Å². The lowest BCUT2D eigenvalue weighted by atomic mass is 9.64. The fourth-order valence-electron chi connectivity index (χ4n) is 5.29. The third-order valence-electron chi connectivity index (χ3n) is 7.96. The molecule has 0 spiro atoms. The number of anilines is 1. The van der Waals surface area contributed by atoms with Crippen LogP contribution < -0.4 is 5.32 Å². The number of nitro benzene ring substituents is 1. The molecule has 2 fully saturated rings. The molecular formula is C24H22Cl3N3O5. The lowest BCUT2D eigenvalue weighted by Gasteiger charge is -2.39. The molecule has 0 heterocycles. The molecule has 2 aliphatic carbocycles. The van der Waals surface area contributed by atoms with Crippen LogP contribution in [0.1, 0.15) is 50.4 Å². The molecule has 0 aromatic heterocycles. The van der Waals surface area contributed by atoms with Gasteiger partial charge in [0.25, 0.3) is 5.69 Å². The summed E-state index contributed by atoms with van der Waals surface area (Å²) in [5.41, 5.74) is -1.29. The van der Waals surface area contributed by atoms with Crippen LogP contribution in [0.3, 0.4) is 0 Å². The van der Waals surface area contributed by atoms with Crippen LogP contribution in [0, 0.1) is 26.4 Å². The fraction of sp³-hybridized carbons (Fsp3) is 0.375. The maximum atomic E-state index is 13.6. The van der Waals surface area contributed by atoms with E-state index in [4.69, 9.17) is 39.6 Å². The van der Waals surface area contributed by atoms with E-state index in [2.05, 4.69) is 10.5 Å². The Hall–Kier alpha value is -2.68. The van der Waals surface area contributed by atoms with Crippen LogP contribution in [0.25, 0.3) is 0 Å². The van der Waals surface area contributed by atoms with Crippen molar-refractivity contribution >= 4 is 63.8 Å². The van der Waals surface area contributed by atoms with E-state index < -0.39 is 32.8 Å². The molecule has 2 atom stereocenters. The molecule has 4 rings (SSSR count). The second kappa shape index (κ2) is 8.76. The highest BCUT2D eigenvalue weighted by molar-refractivity contribution is 6.35. The minimum Gasteiger partial charge on any atom is -0.324 e. The Bertz CT molecular complexity index is 1300. The highest BCUT2D eigenvalue weighted by atomic mass is 35.5. The topological polar surface area (TPSA) is 111 Å². The van der Waals surface area contributed by atoms with E-state index in [-0.39, 0.29) is 22.9 Å². The molecule has 1 N–H and O–H groups in total. The van der Waals surface area contributed by atoms with Crippen LogP contribution >= 0.6 is 34.8 Å². The Morgan fingerprint density at radius 3 is 2.43 bits per heavy atom. The number of oxime groups is 1. The predicted molar refractivity (Wildman–Crippen MR) is 134 cm³/mol. The largest absolute Gasteiger partial charge is 0.365 e. The zero-order chi connectivity index (χ0) is 25.8. The molecule has 1 amide bonds. The molecule has 11 heteroatoms. The van der Waals surface area contributed by atoms with E-state index in [9.17, 15) is 19.7 Å². The number of nitro groups is 1. The van der Waals surface area contributed by atoms with E-state index in [1.807, 2.05) is 20.8 Å². The number of nitrogens with zero attached hydrogens (tertiary/aromatic N) is 2. The summed E-state index contributed by atoms with van der Waals surface area (Å²) in [6, 6.07) is 8.47. The van der Waals surface area contributed by atoms with Gasteiger partial charge in [-0.1, -0.05) is 60.7 Å². The van der Waals surface area contributed by atoms with Gasteiger partial charge in [-0.2, -0.15) is 0 Å². The number of hydrogen-bond donors (Lipinski definition) is 1. The van der Waals surface area contributed by atoms with E-state index >= 15 is 0 Å². The van der Waals surface area contributed by atoms with Crippen molar-refractivity contribution < 1.29 is 19.3 Å². The SMILES string of the molecule is CC12CCC(C(=O)Nc3cc(Cl)ccc3Cl)(CC1=NOC(=O)c1ccc(Cl)c([N+](=O)[O-])c1)C2(C)C. The van der Waals surface area contributed by atoms with E-state index in [1.54, 1.807) is 18.2 Å². The minimum atomic E-state index is -0.856. The highest BCUT2D eigenvalue weighted by Gasteiger charge is 2.71. The fourth-order valence-corrected chi connectivity index (χ4v) is 5.81. The standard InChI is InChI=1S/C24H22Cl3N3O5/c1-22(2)23(3)8-9-24(22,21(32)28-17-11-14(25)5-7-15(17)26)12-19(23)29-35-20(31)13-4-6-16(27)18(10-13)30(33)34/h4-7,10-11H,8-9,12H2,1-3H3,(H,28,32). The van der Waals surface area contributed by atoms with Crippen LogP contribution in [0.15, 0.2) is 41.6 Å². The number of benzene rings is 2. The van der Waals surface area contributed by atoms with Crippen molar-refractivity contribution in [3.05, 3.63) is 67.1 Å². The molecule has 2 unspecified atom stereocenters. The molecule has 0 aliphatic heterocycles. The zero-order valence-corrected chi connectivity index (χ0v) is 21.4. The second-order valence-electron chi connectivity index (χ2n) is 9.63. The van der Waals surface area contributed by atoms with Gasteiger partial charge < -0.3 is 10.2 Å². The van der Waals surface area contributed by atoms with E-state index in [1.165, 1.54) is 12.1 Å². The number of nitrogens with one attached hydrogen (secondary N) is 1. The van der Waals surface area contributed by atoms with Crippen LogP contribution in [0.4, 0.5) is 11.4 Å². The first-order valence-electron chi connectivity index (χ1n) is 10.8. The maximum absolute atomic E-state index is 13.6. The second-order valence-corrected chi connectivity index (χ2v) is 10.9. The summed E-state index contributed by atoms with van der Waals surface area (Å²) in [6.45, 7) is 6.01. The first-order chi connectivity index (χ1) is 16.3. The average Bonchev–Trinajstić information content (AvgIpc) is 3.10. The number of halogens is 3. The van der Waals surface area contributed by atoms with E-state index in [0.717, 1.165) is 6.07 Å². The van der Waals surface area contributed by atoms with Gasteiger partial charge in [-0.3, -0.25) is 14.9 Å². The molecule has 2 aromatic carbocycles. The molecule has 2 aromatic rings. The third-order valence-corrected chi connectivity index (χ3v) is 8.85. The summed E-state index contributed by atoms with van der Waals surface area (Å²) in [5, 5.41) is 18.9. The van der Waals surface area contributed by atoms with Gasteiger partial charge in [-0.25, -0.2) is 4.79 Å². The molecule has 35 heavy (non-hydrogen) atoms. The van der Waals surface area contributed by atoms with Crippen molar-refractivity contribution in [1.29, 1.82) is 0 Å². The first-order valence-corrected chi connectivity index (χ1v) is 11.9. The zero-order valence-electron chi connectivity index (χ0n) is 19.2. The van der Waals surface area contributed by atoms with Gasteiger partial charge in [0.05, 0.1) is 32.3 Å². The van der Waals surface area contributed by atoms with Crippen LogP contribution in [0.5, 0.6) is 0 Å². The van der Waals surface area contributed by atoms with Gasteiger partial charge >= 0.3 is 5.97 Å². The summed E-state index contributed by atoms with van der Waals surface area (Å²) in [6.07, 6.45) is 1.57. The van der Waals surface area contributed by atoms with Crippen molar-refractivity contribution in [1.82, 2.24) is 0 Å². The summed E-state index contributed by atoms with van der Waals surface area (Å²) in [5.74, 6) is -1.06. The molecule has 0 radical (unpaired) electrons. The number of rotatable bonds is 5. The summed E-state index contributed by atoms with van der Waals surface area (Å²) in [7, 11) is 0. The summed E-state index contributed by atoms with van der Waals surface area (Å²) >= 11 is 18.1. The Morgan fingerprint density at radius 1 is 1.06 bits per heavy atom. The molecule has 0 saturated heterocycles. The van der Waals surface area contributed by atoms with Gasteiger partial charge in [0.2, 0.25) is 5.91 Å². The minimum absolute atomic E-state index is 0.0546. The quantitative estimate of drug-likeness (QED) is 0.252. The van der Waals surface area contributed by atoms with E-state index in [0.29, 0.717) is 34.3 Å². The summed E-state index contributed by atoms with van der Waals surface area (Å²) in [4.78, 5) is 41.8. The first kappa shape index (κ1) is 25.4. The Kier molecular flexibility index (Phi) is 6.36. The van der Waals surface area contributed by atoms with Crippen molar-refractivity contribution in [2.75, 3.05) is 5.32 Å². The van der Waals surface area contributed by atoms with Crippen LogP contribution in [-0.4, -0.2) is 22.5 Å². The Balaban J connectivity index is 1.60. The van der Waals surface area contributed by atoms with Crippen molar-refractivity contribution in [3.8, 4) is 0 Å². The maximum Gasteiger partial charge on any atom is 0.365 e. The molecule has 2 aliphatic rings. The van der Waals surface area contributed by atoms with Gasteiger partial charge in [0, 0.05) is 22.9 Å². The monoisotopic (exact) mass is 537 g/mol. The van der Waals surface area contributed by atoms with Gasteiger partial charge in [0.1, 0.15) is 5.02 Å². The molecule has 2 bridgehead atoms. The van der Waals surface area contributed by atoms with Crippen molar-refractivity contribution in [2.24, 2.45) is 21.4 Å². The average molecular weight is 539 g/mol. The van der Waals surface area contributed by atoms with Gasteiger partial charge in [0.15, 0.2) is 0 Å². The van der Waals surface area contributed by atoms with Crippen molar-refractivity contribution in [3.63, 3.8) is 0 Å². The molecular weight excluding hydrogens is 517 g/mol. The number of carbonyl (C=O) groups excluding carboxylic acids is 2. The highest BCUT2D eigenvalue weighted by Crippen LogP contribution is 2.71. The van der Waals surface area contributed by atoms with Crippen LogP contribution in [0.2, 0.25) is 15.1 Å². The summed E-state index contributed by atoms with van der Waals surface area (Å²) < 4.78 is 0. The number of amides is 1. The smallest absolute Gasteiger partial charge is 0.324 e. The molecule has 184 valence electrons. The van der Waals surface area contributed by atoms with Crippen molar-refractivity contribution in [2.45, 2.75) is 40.0 Å². The normalized spacial score (nSPS) is 25.5. The molecule has 8 nitrogen and oxygen atoms in total. The lowest BCUT2D eigenvalue weighted by molar-refractivity contribution is -0.384. The number of fused-ring (bicyclic) bond motifs is 2.